The second kappa shape index (κ2) is 9.18. The highest BCUT2D eigenvalue weighted by Crippen LogP contribution is 2.62. The summed E-state index contributed by atoms with van der Waals surface area (Å²) in [5.74, 6) is -0.853. The van der Waals surface area contributed by atoms with Crippen LogP contribution in [0.15, 0.2) is 30.3 Å². The van der Waals surface area contributed by atoms with Crippen molar-refractivity contribution in [2.45, 2.75) is 45.6 Å². The molecular formula is C16H25O6P. The van der Waals surface area contributed by atoms with Crippen LogP contribution >= 0.6 is 7.60 Å². The molecule has 1 N–H and O–H groups in total. The third kappa shape index (κ3) is 5.43. The molecule has 23 heavy (non-hydrogen) atoms. The van der Waals surface area contributed by atoms with Gasteiger partial charge >= 0.3 is 13.6 Å². The standard InChI is InChI=1S/C16H25O6P/c1-5-20-23(19,21-6-2)15(13-10-8-7-9-11-13)14(17)16(18)22-12(3)4/h7-12,14-15,17H,5-6H2,1-4H3. The lowest BCUT2D eigenvalue weighted by atomic mass is 10.1. The van der Waals surface area contributed by atoms with Crippen molar-refractivity contribution < 1.29 is 28.3 Å². The summed E-state index contributed by atoms with van der Waals surface area (Å²) < 4.78 is 28.8. The van der Waals surface area contributed by atoms with Crippen LogP contribution in [0.1, 0.15) is 38.9 Å². The fraction of sp³-hybridized carbons (Fsp3) is 0.562. The maximum Gasteiger partial charge on any atom is 0.341 e. The first kappa shape index (κ1) is 19.8. The van der Waals surface area contributed by atoms with E-state index in [1.54, 1.807) is 58.0 Å². The highest BCUT2D eigenvalue weighted by molar-refractivity contribution is 7.54. The molecule has 7 heteroatoms. The van der Waals surface area contributed by atoms with Gasteiger partial charge in [0.1, 0.15) is 5.66 Å². The number of aliphatic hydroxyl groups excluding tert-OH is 1. The number of hydrogen-bond donors (Lipinski definition) is 1. The van der Waals surface area contributed by atoms with E-state index in [9.17, 15) is 14.5 Å². The predicted molar refractivity (Wildman–Crippen MR) is 87.3 cm³/mol. The highest BCUT2D eigenvalue weighted by Gasteiger charge is 2.45. The molecule has 2 atom stereocenters. The summed E-state index contributed by atoms with van der Waals surface area (Å²) in [4.78, 5) is 12.1. The number of hydrogen-bond acceptors (Lipinski definition) is 6. The molecule has 0 heterocycles. The van der Waals surface area contributed by atoms with Crippen LogP contribution in [-0.2, 0) is 23.1 Å². The van der Waals surface area contributed by atoms with Gasteiger partial charge in [0.25, 0.3) is 0 Å². The van der Waals surface area contributed by atoms with Gasteiger partial charge in [-0.15, -0.1) is 0 Å². The molecule has 0 aliphatic heterocycles. The summed E-state index contributed by atoms with van der Waals surface area (Å²) in [6, 6.07) is 8.57. The third-order valence-electron chi connectivity index (χ3n) is 2.99. The van der Waals surface area contributed by atoms with Crippen LogP contribution in [0.5, 0.6) is 0 Å². The van der Waals surface area contributed by atoms with Gasteiger partial charge < -0.3 is 18.9 Å². The third-order valence-corrected chi connectivity index (χ3v) is 5.49. The smallest absolute Gasteiger partial charge is 0.341 e. The molecule has 0 aliphatic carbocycles. The Morgan fingerprint density at radius 1 is 1.13 bits per heavy atom. The Bertz CT molecular complexity index is 521. The molecule has 1 aromatic rings. The molecule has 0 saturated heterocycles. The maximum atomic E-state index is 13.1. The zero-order valence-corrected chi connectivity index (χ0v) is 14.9. The van der Waals surface area contributed by atoms with Crippen LogP contribution in [0, 0.1) is 0 Å². The van der Waals surface area contributed by atoms with E-state index < -0.39 is 31.4 Å². The Morgan fingerprint density at radius 2 is 1.65 bits per heavy atom. The van der Waals surface area contributed by atoms with Crippen molar-refractivity contribution in [3.63, 3.8) is 0 Å². The quantitative estimate of drug-likeness (QED) is 0.547. The molecule has 0 bridgehead atoms. The van der Waals surface area contributed by atoms with Crippen molar-refractivity contribution in [2.75, 3.05) is 13.2 Å². The van der Waals surface area contributed by atoms with Gasteiger partial charge in [-0.25, -0.2) is 4.79 Å². The largest absolute Gasteiger partial charge is 0.461 e. The zero-order valence-electron chi connectivity index (χ0n) is 14.0. The fourth-order valence-corrected chi connectivity index (χ4v) is 4.30. The normalized spacial score (nSPS) is 14.5. The molecule has 0 aromatic heterocycles. The van der Waals surface area contributed by atoms with Gasteiger partial charge in [0.05, 0.1) is 19.3 Å². The minimum absolute atomic E-state index is 0.132. The first-order chi connectivity index (χ1) is 10.9. The molecule has 0 spiro atoms. The minimum Gasteiger partial charge on any atom is -0.461 e. The average molecular weight is 344 g/mol. The summed E-state index contributed by atoms with van der Waals surface area (Å²) >= 11 is 0. The maximum absolute atomic E-state index is 13.1. The first-order valence-electron chi connectivity index (χ1n) is 7.68. The second-order valence-corrected chi connectivity index (χ2v) is 7.31. The van der Waals surface area contributed by atoms with E-state index in [1.807, 2.05) is 0 Å². The minimum atomic E-state index is -3.76. The number of carbonyl (C=O) groups excluding carboxylic acids is 1. The van der Waals surface area contributed by atoms with Crippen LogP contribution in [0.4, 0.5) is 0 Å². The van der Waals surface area contributed by atoms with Gasteiger partial charge in [0.15, 0.2) is 6.10 Å². The predicted octanol–water partition coefficient (Wildman–Crippen LogP) is 3.31. The van der Waals surface area contributed by atoms with Crippen LogP contribution in [0.2, 0.25) is 0 Å². The highest BCUT2D eigenvalue weighted by atomic mass is 31.2. The molecule has 0 fully saturated rings. The number of esters is 1. The summed E-state index contributed by atoms with van der Waals surface area (Å²) in [6.45, 7) is 6.96. The molecule has 1 aromatic carbocycles. The van der Waals surface area contributed by atoms with E-state index in [0.29, 0.717) is 5.56 Å². The lowest BCUT2D eigenvalue weighted by Gasteiger charge is -2.29. The molecular weight excluding hydrogens is 319 g/mol. The van der Waals surface area contributed by atoms with Gasteiger partial charge in [-0.3, -0.25) is 4.57 Å². The molecule has 1 rings (SSSR count). The van der Waals surface area contributed by atoms with Gasteiger partial charge in [-0.05, 0) is 33.3 Å². The van der Waals surface area contributed by atoms with Crippen molar-refractivity contribution in [1.29, 1.82) is 0 Å². The number of benzene rings is 1. The van der Waals surface area contributed by atoms with Crippen LogP contribution in [-0.4, -0.2) is 36.5 Å². The number of rotatable bonds is 9. The molecule has 6 nitrogen and oxygen atoms in total. The zero-order chi connectivity index (χ0) is 17.5. The molecule has 0 saturated carbocycles. The topological polar surface area (TPSA) is 82.1 Å². The molecule has 130 valence electrons. The number of carbonyl (C=O) groups is 1. The van der Waals surface area contributed by atoms with E-state index in [1.165, 1.54) is 0 Å². The summed E-state index contributed by atoms with van der Waals surface area (Å²) in [7, 11) is -3.76. The van der Waals surface area contributed by atoms with E-state index in [-0.39, 0.29) is 13.2 Å². The average Bonchev–Trinajstić information content (AvgIpc) is 2.48. The van der Waals surface area contributed by atoms with Crippen LogP contribution < -0.4 is 0 Å². The Balaban J connectivity index is 3.26. The van der Waals surface area contributed by atoms with Crippen molar-refractivity contribution >= 4 is 13.6 Å². The molecule has 0 aliphatic rings. The SMILES string of the molecule is CCOP(=O)(OCC)C(c1ccccc1)C(O)C(=O)OC(C)C. The Labute approximate surface area is 137 Å². The molecule has 0 radical (unpaired) electrons. The van der Waals surface area contributed by atoms with Crippen LogP contribution in [0.25, 0.3) is 0 Å². The van der Waals surface area contributed by atoms with Crippen molar-refractivity contribution in [1.82, 2.24) is 0 Å². The summed E-state index contributed by atoms with van der Waals surface area (Å²) in [5, 5.41) is 10.5. The lowest BCUT2D eigenvalue weighted by Crippen LogP contribution is -2.32. The lowest BCUT2D eigenvalue weighted by molar-refractivity contribution is -0.157. The van der Waals surface area contributed by atoms with E-state index in [0.717, 1.165) is 0 Å². The van der Waals surface area contributed by atoms with Gasteiger partial charge in [-0.2, -0.15) is 0 Å². The molecule has 0 amide bonds. The summed E-state index contributed by atoms with van der Waals surface area (Å²) in [5.41, 5.74) is -0.652. The van der Waals surface area contributed by atoms with Gasteiger partial charge in [0.2, 0.25) is 0 Å². The Hall–Kier alpha value is -1.20. The van der Waals surface area contributed by atoms with Crippen molar-refractivity contribution in [3.05, 3.63) is 35.9 Å². The number of ether oxygens (including phenoxy) is 1. The Morgan fingerprint density at radius 3 is 2.09 bits per heavy atom. The van der Waals surface area contributed by atoms with Crippen LogP contribution in [0.3, 0.4) is 0 Å². The van der Waals surface area contributed by atoms with E-state index >= 15 is 0 Å². The van der Waals surface area contributed by atoms with Crippen molar-refractivity contribution in [2.24, 2.45) is 0 Å². The van der Waals surface area contributed by atoms with Gasteiger partial charge in [0, 0.05) is 0 Å². The summed E-state index contributed by atoms with van der Waals surface area (Å²) in [6.07, 6.45) is -2.05. The first-order valence-corrected chi connectivity index (χ1v) is 9.29. The van der Waals surface area contributed by atoms with Crippen molar-refractivity contribution in [3.8, 4) is 0 Å². The second-order valence-electron chi connectivity index (χ2n) is 5.16. The fourth-order valence-electron chi connectivity index (χ4n) is 2.18. The van der Waals surface area contributed by atoms with E-state index in [2.05, 4.69) is 0 Å². The molecule has 2 unspecified atom stereocenters. The monoisotopic (exact) mass is 344 g/mol. The van der Waals surface area contributed by atoms with E-state index in [4.69, 9.17) is 13.8 Å². The van der Waals surface area contributed by atoms with Gasteiger partial charge in [-0.1, -0.05) is 30.3 Å². The number of aliphatic hydroxyl groups is 1. The Kier molecular flexibility index (Phi) is 7.92.